The second kappa shape index (κ2) is 7.44. The molecule has 2 heteroatoms. The number of nitrogens with zero attached hydrogens (tertiary/aromatic N) is 1. The number of benzene rings is 6. The molecule has 0 aliphatic heterocycles. The molecule has 0 spiro atoms. The molecule has 6 aromatic carbocycles. The molecule has 0 fully saturated rings. The number of thiophene rings is 1. The molecule has 38 heavy (non-hydrogen) atoms. The van der Waals surface area contributed by atoms with Crippen LogP contribution in [-0.2, 0) is 0 Å². The Morgan fingerprint density at radius 3 is 1.61 bits per heavy atom. The number of aromatic nitrogens is 1. The summed E-state index contributed by atoms with van der Waals surface area (Å²) >= 11 is 1.89. The van der Waals surface area contributed by atoms with Crippen molar-refractivity contribution in [1.82, 2.24) is 4.40 Å². The molecule has 0 amide bonds. The van der Waals surface area contributed by atoms with Gasteiger partial charge in [-0.3, -0.25) is 0 Å². The molecule has 0 bridgehead atoms. The number of para-hydroxylation sites is 2. The first-order valence-electron chi connectivity index (χ1n) is 13.0. The van der Waals surface area contributed by atoms with Crippen LogP contribution >= 0.6 is 11.3 Å². The van der Waals surface area contributed by atoms with Crippen LogP contribution < -0.4 is 0 Å². The summed E-state index contributed by atoms with van der Waals surface area (Å²) in [5.74, 6) is 0. The van der Waals surface area contributed by atoms with E-state index >= 15 is 0 Å². The Morgan fingerprint density at radius 1 is 0.342 bits per heavy atom. The molecule has 9 aromatic rings. The predicted molar refractivity (Wildman–Crippen MR) is 167 cm³/mol. The molecular weight excluding hydrogens is 478 g/mol. The lowest BCUT2D eigenvalue weighted by atomic mass is 10.0. The highest BCUT2D eigenvalue weighted by Gasteiger charge is 2.16. The molecule has 1 nitrogen and oxygen atoms in total. The van der Waals surface area contributed by atoms with E-state index in [9.17, 15) is 0 Å². The maximum absolute atomic E-state index is 2.53. The molecule has 3 heterocycles. The molecular formula is C36H21NS. The van der Waals surface area contributed by atoms with Crippen molar-refractivity contribution in [1.29, 1.82) is 0 Å². The Balaban J connectivity index is 1.71. The van der Waals surface area contributed by atoms with E-state index in [0.717, 1.165) is 0 Å². The zero-order valence-corrected chi connectivity index (χ0v) is 21.3. The van der Waals surface area contributed by atoms with Crippen LogP contribution in [0.3, 0.4) is 0 Å². The lowest BCUT2D eigenvalue weighted by molar-refractivity contribution is 1.36. The van der Waals surface area contributed by atoms with E-state index in [1.165, 1.54) is 79.8 Å². The molecule has 9 rings (SSSR count). The van der Waals surface area contributed by atoms with E-state index in [2.05, 4.69) is 132 Å². The van der Waals surface area contributed by atoms with Crippen molar-refractivity contribution in [2.75, 3.05) is 0 Å². The third kappa shape index (κ3) is 2.60. The van der Waals surface area contributed by atoms with E-state index in [1.54, 1.807) is 0 Å². The van der Waals surface area contributed by atoms with Crippen molar-refractivity contribution in [3.05, 3.63) is 127 Å². The van der Waals surface area contributed by atoms with E-state index in [1.807, 2.05) is 11.3 Å². The van der Waals surface area contributed by atoms with Crippen LogP contribution in [0.4, 0.5) is 0 Å². The maximum atomic E-state index is 2.53. The van der Waals surface area contributed by atoms with Crippen molar-refractivity contribution in [3.63, 3.8) is 0 Å². The average Bonchev–Trinajstić information content (AvgIpc) is 3.51. The van der Waals surface area contributed by atoms with Gasteiger partial charge in [0.2, 0.25) is 0 Å². The molecule has 0 aliphatic rings. The molecule has 0 radical (unpaired) electrons. The van der Waals surface area contributed by atoms with Gasteiger partial charge in [-0.25, -0.2) is 0 Å². The SMILES string of the molecule is c1ccc2c(c1)sc1cc3c4cccc5c6ccccc6c6ccccc6c6ccccc6n(c3cc12)c54. The van der Waals surface area contributed by atoms with Gasteiger partial charge in [-0.15, -0.1) is 11.3 Å². The zero-order chi connectivity index (χ0) is 24.8. The average molecular weight is 500 g/mol. The Labute approximate surface area is 222 Å². The van der Waals surface area contributed by atoms with E-state index in [0.29, 0.717) is 0 Å². The standard InChI is InChI=1S/C36H21NS/c1-3-12-24-22(10-1)23-11-2-4-13-25(23)28-16-9-17-29-30-21-35-31(27-15-6-8-19-34(27)38-35)20-33(30)37(36(28)29)32-18-7-5-14-26(24)32/h1-21H. The van der Waals surface area contributed by atoms with Crippen molar-refractivity contribution in [2.45, 2.75) is 0 Å². The van der Waals surface area contributed by atoms with Gasteiger partial charge in [0.15, 0.2) is 0 Å². The molecule has 0 atom stereocenters. The van der Waals surface area contributed by atoms with Crippen molar-refractivity contribution in [3.8, 4) is 0 Å². The van der Waals surface area contributed by atoms with Gasteiger partial charge in [-0.05, 0) is 45.8 Å². The van der Waals surface area contributed by atoms with Crippen LogP contribution in [0.25, 0.3) is 79.8 Å². The molecule has 176 valence electrons. The minimum absolute atomic E-state index is 1.22. The highest BCUT2D eigenvalue weighted by atomic mass is 32.1. The van der Waals surface area contributed by atoms with Crippen LogP contribution in [0.15, 0.2) is 127 Å². The maximum Gasteiger partial charge on any atom is 0.0619 e. The summed E-state index contributed by atoms with van der Waals surface area (Å²) in [7, 11) is 0. The fourth-order valence-electron chi connectivity index (χ4n) is 6.55. The van der Waals surface area contributed by atoms with Crippen LogP contribution in [0.5, 0.6) is 0 Å². The van der Waals surface area contributed by atoms with Crippen molar-refractivity contribution < 1.29 is 0 Å². The second-order valence-corrected chi connectivity index (χ2v) is 11.2. The number of hydrogen-bond donors (Lipinski definition) is 0. The molecule has 0 saturated carbocycles. The van der Waals surface area contributed by atoms with Crippen LogP contribution in [0.1, 0.15) is 0 Å². The molecule has 0 unspecified atom stereocenters. The third-order valence-corrected chi connectivity index (χ3v) is 9.29. The van der Waals surface area contributed by atoms with E-state index < -0.39 is 0 Å². The molecule has 3 aromatic heterocycles. The summed E-state index contributed by atoms with van der Waals surface area (Å²) in [4.78, 5) is 0. The summed E-state index contributed by atoms with van der Waals surface area (Å²) in [6.07, 6.45) is 0. The summed E-state index contributed by atoms with van der Waals surface area (Å²) in [6.45, 7) is 0. The summed E-state index contributed by atoms with van der Waals surface area (Å²) in [6, 6.07) is 47.1. The Morgan fingerprint density at radius 2 is 0.868 bits per heavy atom. The topological polar surface area (TPSA) is 4.41 Å². The first-order valence-corrected chi connectivity index (χ1v) is 13.9. The van der Waals surface area contributed by atoms with Gasteiger partial charge in [0.05, 0.1) is 16.6 Å². The Hall–Kier alpha value is -4.66. The normalized spacial score (nSPS) is 12.2. The third-order valence-electron chi connectivity index (χ3n) is 8.16. The van der Waals surface area contributed by atoms with Gasteiger partial charge in [0, 0.05) is 41.7 Å². The van der Waals surface area contributed by atoms with E-state index in [-0.39, 0.29) is 0 Å². The van der Waals surface area contributed by atoms with Crippen LogP contribution in [0.2, 0.25) is 0 Å². The zero-order valence-electron chi connectivity index (χ0n) is 20.5. The molecule has 0 aliphatic carbocycles. The number of fused-ring (bicyclic) bond motifs is 13. The highest BCUT2D eigenvalue weighted by molar-refractivity contribution is 7.25. The fraction of sp³-hybridized carbons (Fsp3) is 0. The number of hydrogen-bond acceptors (Lipinski definition) is 1. The van der Waals surface area contributed by atoms with Crippen LogP contribution in [-0.4, -0.2) is 4.40 Å². The quantitative estimate of drug-likeness (QED) is 0.195. The van der Waals surface area contributed by atoms with Gasteiger partial charge in [0.25, 0.3) is 0 Å². The summed E-state index contributed by atoms with van der Waals surface area (Å²) in [5.41, 5.74) is 3.75. The van der Waals surface area contributed by atoms with Gasteiger partial charge in [-0.1, -0.05) is 103 Å². The number of rotatable bonds is 0. The van der Waals surface area contributed by atoms with Crippen LogP contribution in [0, 0.1) is 0 Å². The summed E-state index contributed by atoms with van der Waals surface area (Å²) < 4.78 is 5.21. The monoisotopic (exact) mass is 499 g/mol. The summed E-state index contributed by atoms with van der Waals surface area (Å²) in [5, 5.41) is 12.9. The van der Waals surface area contributed by atoms with Crippen molar-refractivity contribution in [2.24, 2.45) is 0 Å². The smallest absolute Gasteiger partial charge is 0.0619 e. The fourth-order valence-corrected chi connectivity index (χ4v) is 7.68. The lowest BCUT2D eigenvalue weighted by Gasteiger charge is -2.04. The largest absolute Gasteiger partial charge is 0.308 e. The van der Waals surface area contributed by atoms with Gasteiger partial charge in [-0.2, -0.15) is 0 Å². The highest BCUT2D eigenvalue weighted by Crippen LogP contribution is 2.42. The Bertz CT molecular complexity index is 2460. The minimum Gasteiger partial charge on any atom is -0.308 e. The molecule has 0 saturated heterocycles. The second-order valence-electron chi connectivity index (χ2n) is 10.1. The van der Waals surface area contributed by atoms with E-state index in [4.69, 9.17) is 0 Å². The first kappa shape index (κ1) is 20.4. The van der Waals surface area contributed by atoms with Crippen molar-refractivity contribution >= 4 is 91.1 Å². The lowest BCUT2D eigenvalue weighted by Crippen LogP contribution is -1.86. The van der Waals surface area contributed by atoms with Gasteiger partial charge >= 0.3 is 0 Å². The minimum atomic E-state index is 1.22. The van der Waals surface area contributed by atoms with Gasteiger partial charge < -0.3 is 4.40 Å². The van der Waals surface area contributed by atoms with Gasteiger partial charge in [0.1, 0.15) is 0 Å². The molecule has 0 N–H and O–H groups in total. The first-order chi connectivity index (χ1) is 18.9. The predicted octanol–water partition coefficient (Wildman–Crippen LogP) is 10.6. The Kier molecular flexibility index (Phi) is 3.99.